The first-order valence-corrected chi connectivity index (χ1v) is 8.90. The number of anilines is 1. The second-order valence-electron chi connectivity index (χ2n) is 6.06. The number of carboxylic acids is 1. The molecule has 2 aromatic rings. The normalized spacial score (nSPS) is 19.8. The van der Waals surface area contributed by atoms with Crippen LogP contribution in [-0.2, 0) is 9.59 Å². The number of rotatable bonds is 4. The lowest BCUT2D eigenvalue weighted by molar-refractivity contribution is -0.143. The number of nitriles is 1. The Morgan fingerprint density at radius 3 is 2.64 bits per heavy atom. The van der Waals surface area contributed by atoms with E-state index in [0.717, 1.165) is 23.3 Å². The Bertz CT molecular complexity index is 826. The molecule has 1 fully saturated rings. The highest BCUT2D eigenvalue weighted by Crippen LogP contribution is 2.33. The first-order valence-electron chi connectivity index (χ1n) is 8.08. The minimum Gasteiger partial charge on any atom is -0.481 e. The summed E-state index contributed by atoms with van der Waals surface area (Å²) in [4.78, 5) is 28.4. The summed E-state index contributed by atoms with van der Waals surface area (Å²) in [7, 11) is 0. The summed E-state index contributed by atoms with van der Waals surface area (Å²) in [5, 5.41) is 21.6. The zero-order valence-electron chi connectivity index (χ0n) is 13.4. The summed E-state index contributed by atoms with van der Waals surface area (Å²) >= 11 is 1.13. The molecule has 1 aromatic carbocycles. The first-order chi connectivity index (χ1) is 12.1. The van der Waals surface area contributed by atoms with Gasteiger partial charge >= 0.3 is 5.97 Å². The summed E-state index contributed by atoms with van der Waals surface area (Å²) in [5.74, 6) is -1.85. The zero-order chi connectivity index (χ0) is 17.8. The lowest BCUT2D eigenvalue weighted by Crippen LogP contribution is -2.30. The Balaban J connectivity index is 1.75. The van der Waals surface area contributed by atoms with Crippen LogP contribution in [0.25, 0.3) is 11.3 Å². The number of amides is 1. The smallest absolute Gasteiger partial charge is 0.306 e. The number of benzene rings is 1. The van der Waals surface area contributed by atoms with Crippen LogP contribution in [0.3, 0.4) is 0 Å². The molecule has 2 N–H and O–H groups in total. The maximum Gasteiger partial charge on any atom is 0.306 e. The number of thiazole rings is 1. The predicted molar refractivity (Wildman–Crippen MR) is 94.0 cm³/mol. The Morgan fingerprint density at radius 2 is 1.96 bits per heavy atom. The van der Waals surface area contributed by atoms with Crippen molar-refractivity contribution in [1.82, 2.24) is 4.98 Å². The fraction of sp³-hybridized carbons (Fsp3) is 0.333. The van der Waals surface area contributed by atoms with Gasteiger partial charge in [-0.1, -0.05) is 48.1 Å². The molecule has 0 aliphatic heterocycles. The van der Waals surface area contributed by atoms with Crippen molar-refractivity contribution in [2.45, 2.75) is 25.7 Å². The van der Waals surface area contributed by atoms with Gasteiger partial charge in [-0.05, 0) is 19.3 Å². The van der Waals surface area contributed by atoms with Crippen molar-refractivity contribution >= 4 is 28.3 Å². The summed E-state index contributed by atoms with van der Waals surface area (Å²) < 4.78 is 0. The predicted octanol–water partition coefficient (Wildman–Crippen LogP) is 3.51. The second-order valence-corrected chi connectivity index (χ2v) is 7.06. The van der Waals surface area contributed by atoms with E-state index < -0.39 is 11.9 Å². The summed E-state index contributed by atoms with van der Waals surface area (Å²) in [6.45, 7) is 0. The van der Waals surface area contributed by atoms with Gasteiger partial charge in [0.25, 0.3) is 0 Å². The molecule has 2 atom stereocenters. The number of hydrogen-bond acceptors (Lipinski definition) is 5. The number of carboxylic acid groups (broad SMARTS) is 1. The largest absolute Gasteiger partial charge is 0.481 e. The minimum absolute atomic E-state index is 0.219. The zero-order valence-corrected chi connectivity index (χ0v) is 14.3. The lowest BCUT2D eigenvalue weighted by atomic mass is 9.81. The van der Waals surface area contributed by atoms with Crippen molar-refractivity contribution in [3.8, 4) is 17.3 Å². The molecular weight excluding hydrogens is 338 g/mol. The third kappa shape index (κ3) is 3.86. The number of nitrogens with zero attached hydrogens (tertiary/aromatic N) is 2. The van der Waals surface area contributed by atoms with Gasteiger partial charge in [0.15, 0.2) is 5.13 Å². The minimum atomic E-state index is -0.843. The monoisotopic (exact) mass is 355 g/mol. The van der Waals surface area contributed by atoms with Gasteiger partial charge in [-0.3, -0.25) is 9.59 Å². The van der Waals surface area contributed by atoms with Crippen molar-refractivity contribution in [1.29, 1.82) is 5.26 Å². The Kier molecular flexibility index (Phi) is 5.10. The molecule has 128 valence electrons. The standard InChI is InChI=1S/C18H17N3O3S/c19-10-14-15(11-5-2-1-3-6-11)20-18(25-14)21-16(22)12-7-4-8-13(9-12)17(23)24/h1-3,5-6,12-13H,4,7-9H2,(H,23,24)(H,20,21,22)/t12-,13-/m1/s1. The molecule has 25 heavy (non-hydrogen) atoms. The van der Waals surface area contributed by atoms with Crippen LogP contribution in [0.5, 0.6) is 0 Å². The Hall–Kier alpha value is -2.72. The number of carbonyl (C=O) groups excluding carboxylic acids is 1. The average Bonchev–Trinajstić information content (AvgIpc) is 3.05. The number of nitrogens with one attached hydrogen (secondary N) is 1. The van der Waals surface area contributed by atoms with E-state index in [1.54, 1.807) is 0 Å². The first kappa shape index (κ1) is 17.1. The summed E-state index contributed by atoms with van der Waals surface area (Å²) in [6, 6.07) is 11.4. The highest BCUT2D eigenvalue weighted by molar-refractivity contribution is 7.16. The molecule has 1 heterocycles. The molecule has 0 radical (unpaired) electrons. The summed E-state index contributed by atoms with van der Waals surface area (Å²) in [6.07, 6.45) is 2.37. The van der Waals surface area contributed by atoms with E-state index in [9.17, 15) is 14.9 Å². The van der Waals surface area contributed by atoms with Gasteiger partial charge in [-0.25, -0.2) is 4.98 Å². The maximum atomic E-state index is 12.5. The van der Waals surface area contributed by atoms with Crippen molar-refractivity contribution in [2.75, 3.05) is 5.32 Å². The number of aromatic nitrogens is 1. The van der Waals surface area contributed by atoms with Crippen LogP contribution >= 0.6 is 11.3 Å². The van der Waals surface area contributed by atoms with E-state index in [1.165, 1.54) is 0 Å². The van der Waals surface area contributed by atoms with E-state index in [2.05, 4.69) is 16.4 Å². The topological polar surface area (TPSA) is 103 Å². The molecule has 1 aromatic heterocycles. The van der Waals surface area contributed by atoms with Crippen LogP contribution in [0.1, 0.15) is 30.6 Å². The van der Waals surface area contributed by atoms with E-state index in [0.29, 0.717) is 35.0 Å². The average molecular weight is 355 g/mol. The maximum absolute atomic E-state index is 12.5. The Morgan fingerprint density at radius 1 is 1.24 bits per heavy atom. The van der Waals surface area contributed by atoms with Crippen LogP contribution < -0.4 is 5.32 Å². The molecule has 0 bridgehead atoms. The van der Waals surface area contributed by atoms with Crippen LogP contribution in [-0.4, -0.2) is 22.0 Å². The Labute approximate surface area is 149 Å². The van der Waals surface area contributed by atoms with Gasteiger partial charge in [0, 0.05) is 11.5 Å². The van der Waals surface area contributed by atoms with Crippen molar-refractivity contribution in [3.05, 3.63) is 35.2 Å². The van der Waals surface area contributed by atoms with E-state index in [4.69, 9.17) is 5.11 Å². The third-order valence-electron chi connectivity index (χ3n) is 4.40. The van der Waals surface area contributed by atoms with Gasteiger partial charge < -0.3 is 10.4 Å². The molecule has 6 nitrogen and oxygen atoms in total. The quantitative estimate of drug-likeness (QED) is 0.873. The van der Waals surface area contributed by atoms with E-state index in [1.807, 2.05) is 30.3 Å². The fourth-order valence-corrected chi connectivity index (χ4v) is 3.89. The molecule has 0 saturated heterocycles. The summed E-state index contributed by atoms with van der Waals surface area (Å²) in [5.41, 5.74) is 1.37. The van der Waals surface area contributed by atoms with E-state index in [-0.39, 0.29) is 11.8 Å². The highest BCUT2D eigenvalue weighted by Gasteiger charge is 2.31. The molecule has 1 saturated carbocycles. The molecule has 3 rings (SSSR count). The fourth-order valence-electron chi connectivity index (χ4n) is 3.10. The molecule has 1 aliphatic rings. The van der Waals surface area contributed by atoms with Crippen LogP contribution in [0.15, 0.2) is 30.3 Å². The molecule has 1 amide bonds. The molecule has 1 aliphatic carbocycles. The van der Waals surface area contributed by atoms with Crippen LogP contribution in [0.4, 0.5) is 5.13 Å². The van der Waals surface area contributed by atoms with Gasteiger partial charge in [-0.2, -0.15) is 5.26 Å². The van der Waals surface area contributed by atoms with Crippen LogP contribution in [0, 0.1) is 23.2 Å². The van der Waals surface area contributed by atoms with Gasteiger partial charge in [0.2, 0.25) is 5.91 Å². The van der Waals surface area contributed by atoms with Crippen LogP contribution in [0.2, 0.25) is 0 Å². The SMILES string of the molecule is N#Cc1sc(NC(=O)[C@@H]2CCC[C@@H](C(=O)O)C2)nc1-c1ccccc1. The van der Waals surface area contributed by atoms with Crippen molar-refractivity contribution < 1.29 is 14.7 Å². The van der Waals surface area contributed by atoms with Crippen molar-refractivity contribution in [3.63, 3.8) is 0 Å². The molecular formula is C18H17N3O3S. The van der Waals surface area contributed by atoms with Gasteiger partial charge in [0.1, 0.15) is 16.6 Å². The highest BCUT2D eigenvalue weighted by atomic mass is 32.1. The van der Waals surface area contributed by atoms with E-state index >= 15 is 0 Å². The second kappa shape index (κ2) is 7.45. The van der Waals surface area contributed by atoms with Gasteiger partial charge in [0.05, 0.1) is 5.92 Å². The van der Waals surface area contributed by atoms with Gasteiger partial charge in [-0.15, -0.1) is 0 Å². The lowest BCUT2D eigenvalue weighted by Gasteiger charge is -2.25. The molecule has 0 unspecified atom stereocenters. The molecule has 0 spiro atoms. The number of carbonyl (C=O) groups is 2. The molecule has 7 heteroatoms. The van der Waals surface area contributed by atoms with Crippen molar-refractivity contribution in [2.24, 2.45) is 11.8 Å². The number of hydrogen-bond donors (Lipinski definition) is 2. The number of aliphatic carboxylic acids is 1. The third-order valence-corrected chi connectivity index (χ3v) is 5.28.